The van der Waals surface area contributed by atoms with Crippen LogP contribution in [0.1, 0.15) is 0 Å². The fraction of sp³-hybridized carbons (Fsp3) is 0. The lowest BCUT2D eigenvalue weighted by Crippen LogP contribution is -2.01. The Kier molecular flexibility index (Phi) is 7.16. The molecule has 0 unspecified atom stereocenters. The monoisotopic (exact) mass is 741 g/mol. The third kappa shape index (κ3) is 5.07. The van der Waals surface area contributed by atoms with E-state index in [0.29, 0.717) is 17.5 Å². The summed E-state index contributed by atoms with van der Waals surface area (Å²) in [4.78, 5) is 15.7. The summed E-state index contributed by atoms with van der Waals surface area (Å²) in [6.07, 6.45) is 0. The van der Waals surface area contributed by atoms with Crippen LogP contribution in [0.3, 0.4) is 0 Å². The lowest BCUT2D eigenvalue weighted by atomic mass is 9.92. The zero-order valence-corrected chi connectivity index (χ0v) is 31.1. The molecule has 5 heteroatoms. The van der Waals surface area contributed by atoms with Crippen LogP contribution in [0.4, 0.5) is 0 Å². The van der Waals surface area contributed by atoms with E-state index in [1.807, 2.05) is 36.4 Å². The molecule has 0 radical (unpaired) electrons. The van der Waals surface area contributed by atoms with Crippen molar-refractivity contribution >= 4 is 65.4 Å². The number of furan rings is 2. The van der Waals surface area contributed by atoms with Crippen molar-refractivity contribution in [2.45, 2.75) is 0 Å². The van der Waals surface area contributed by atoms with Crippen molar-refractivity contribution in [2.75, 3.05) is 0 Å². The fourth-order valence-electron chi connectivity index (χ4n) is 8.64. The average Bonchev–Trinajstić information content (AvgIpc) is 3.88. The zero-order valence-electron chi connectivity index (χ0n) is 31.1. The molecule has 0 bridgehead atoms. The van der Waals surface area contributed by atoms with Gasteiger partial charge in [-0.3, -0.25) is 0 Å². The highest BCUT2D eigenvalue weighted by atomic mass is 16.3. The molecule has 58 heavy (non-hydrogen) atoms. The predicted octanol–water partition coefficient (Wildman–Crippen LogP) is 14.3. The first-order valence-corrected chi connectivity index (χ1v) is 19.4. The maximum atomic E-state index is 6.66. The van der Waals surface area contributed by atoms with Crippen molar-refractivity contribution in [1.29, 1.82) is 0 Å². The van der Waals surface area contributed by atoms with Gasteiger partial charge in [-0.05, 0) is 68.6 Å². The van der Waals surface area contributed by atoms with Gasteiger partial charge < -0.3 is 8.83 Å². The molecule has 9 aromatic carbocycles. The Morgan fingerprint density at radius 1 is 0.293 bits per heavy atom. The Labute approximate surface area is 332 Å². The van der Waals surface area contributed by atoms with Crippen molar-refractivity contribution in [3.05, 3.63) is 188 Å². The molecule has 0 aliphatic carbocycles. The lowest BCUT2D eigenvalue weighted by molar-refractivity contribution is 0.669. The first-order valence-electron chi connectivity index (χ1n) is 19.4. The number of aromatic nitrogens is 3. The molecule has 0 amide bonds. The standard InChI is InChI=1S/C53H31N3O2/c1-2-14-33(15-3-1)36-20-10-23-44-48-41(21-12-26-47(48)58-49(36)44)39-29-30-43(38-18-7-6-17-37(38)39)52-54-51(35-28-27-32-13-4-5-16-34(32)31-35)55-53(56-52)45-24-11-22-42-40-19-8-9-25-46(40)57-50(42)45/h1-31H. The maximum absolute atomic E-state index is 6.66. The SMILES string of the molecule is c1ccc(-c2cccc3c2oc2cccc(-c4ccc(-c5nc(-c6ccc7ccccc7c6)nc(-c6cccc7c6oc6ccccc67)n5)c5ccccc45)c23)cc1. The number of nitrogens with zero attached hydrogens (tertiary/aromatic N) is 3. The summed E-state index contributed by atoms with van der Waals surface area (Å²) < 4.78 is 13.2. The number of hydrogen-bond donors (Lipinski definition) is 0. The van der Waals surface area contributed by atoms with Gasteiger partial charge in [-0.1, -0.05) is 158 Å². The zero-order chi connectivity index (χ0) is 38.2. The molecule has 12 aromatic rings. The molecule has 0 aliphatic heterocycles. The molecule has 0 aliphatic rings. The average molecular weight is 742 g/mol. The molecule has 3 heterocycles. The third-order valence-corrected chi connectivity index (χ3v) is 11.4. The Morgan fingerprint density at radius 3 is 1.72 bits per heavy atom. The second-order valence-corrected chi connectivity index (χ2v) is 14.7. The van der Waals surface area contributed by atoms with Crippen LogP contribution in [-0.2, 0) is 0 Å². The Bertz CT molecular complexity index is 3580. The van der Waals surface area contributed by atoms with Crippen molar-refractivity contribution in [3.63, 3.8) is 0 Å². The minimum absolute atomic E-state index is 0.551. The van der Waals surface area contributed by atoms with Crippen molar-refractivity contribution < 1.29 is 8.83 Å². The van der Waals surface area contributed by atoms with E-state index in [1.165, 1.54) is 0 Å². The second kappa shape index (κ2) is 12.8. The number of rotatable bonds is 5. The van der Waals surface area contributed by atoms with E-state index in [4.69, 9.17) is 23.8 Å². The van der Waals surface area contributed by atoms with Crippen molar-refractivity contribution in [3.8, 4) is 56.4 Å². The highest BCUT2D eigenvalue weighted by molar-refractivity contribution is 6.18. The maximum Gasteiger partial charge on any atom is 0.167 e. The van der Waals surface area contributed by atoms with Gasteiger partial charge in [-0.25, -0.2) is 15.0 Å². The number of para-hydroxylation sites is 3. The van der Waals surface area contributed by atoms with Gasteiger partial charge in [0.2, 0.25) is 0 Å². The van der Waals surface area contributed by atoms with Crippen LogP contribution in [0.2, 0.25) is 0 Å². The van der Waals surface area contributed by atoms with E-state index >= 15 is 0 Å². The molecule has 0 spiro atoms. The third-order valence-electron chi connectivity index (χ3n) is 11.4. The summed E-state index contributed by atoms with van der Waals surface area (Å²) >= 11 is 0. The molecule has 0 saturated heterocycles. The highest BCUT2D eigenvalue weighted by Gasteiger charge is 2.21. The lowest BCUT2D eigenvalue weighted by Gasteiger charge is -2.14. The van der Waals surface area contributed by atoms with Crippen LogP contribution in [-0.4, -0.2) is 15.0 Å². The molecule has 0 N–H and O–H groups in total. The van der Waals surface area contributed by atoms with Gasteiger partial charge in [0.1, 0.15) is 22.3 Å². The topological polar surface area (TPSA) is 65.0 Å². The summed E-state index contributed by atoms with van der Waals surface area (Å²) in [5.41, 5.74) is 10.4. The van der Waals surface area contributed by atoms with Crippen LogP contribution < -0.4 is 0 Å². The molecule has 0 saturated carbocycles. The molecule has 12 rings (SSSR count). The molecule has 3 aromatic heterocycles. The second-order valence-electron chi connectivity index (χ2n) is 14.7. The summed E-state index contributed by atoms with van der Waals surface area (Å²) in [6, 6.07) is 65.1. The first kappa shape index (κ1) is 32.4. The van der Waals surface area contributed by atoms with E-state index < -0.39 is 0 Å². The first-order chi connectivity index (χ1) is 28.7. The quantitative estimate of drug-likeness (QED) is 0.176. The van der Waals surface area contributed by atoms with E-state index in [0.717, 1.165) is 104 Å². The summed E-state index contributed by atoms with van der Waals surface area (Å²) in [5.74, 6) is 1.73. The van der Waals surface area contributed by atoms with Gasteiger partial charge >= 0.3 is 0 Å². The van der Waals surface area contributed by atoms with Gasteiger partial charge in [-0.2, -0.15) is 0 Å². The molecule has 270 valence electrons. The minimum Gasteiger partial charge on any atom is -0.455 e. The molecular weight excluding hydrogens is 711 g/mol. The van der Waals surface area contributed by atoms with Crippen LogP contribution in [0.5, 0.6) is 0 Å². The molecule has 0 fully saturated rings. The minimum atomic E-state index is 0.551. The molecule has 5 nitrogen and oxygen atoms in total. The van der Waals surface area contributed by atoms with E-state index in [9.17, 15) is 0 Å². The summed E-state index contributed by atoms with van der Waals surface area (Å²) in [6.45, 7) is 0. The van der Waals surface area contributed by atoms with Gasteiger partial charge in [0.05, 0.1) is 5.56 Å². The normalized spacial score (nSPS) is 11.8. The fourth-order valence-corrected chi connectivity index (χ4v) is 8.64. The van der Waals surface area contributed by atoms with Crippen LogP contribution in [0.25, 0.3) is 122 Å². The van der Waals surface area contributed by atoms with E-state index in [-0.39, 0.29) is 0 Å². The summed E-state index contributed by atoms with van der Waals surface area (Å²) in [7, 11) is 0. The highest BCUT2D eigenvalue weighted by Crippen LogP contribution is 2.44. The van der Waals surface area contributed by atoms with E-state index in [2.05, 4.69) is 152 Å². The Balaban J connectivity index is 1.08. The van der Waals surface area contributed by atoms with Gasteiger partial charge in [0.15, 0.2) is 17.5 Å². The van der Waals surface area contributed by atoms with Crippen molar-refractivity contribution in [1.82, 2.24) is 15.0 Å². The van der Waals surface area contributed by atoms with Gasteiger partial charge in [0, 0.05) is 38.2 Å². The van der Waals surface area contributed by atoms with Gasteiger partial charge in [0.25, 0.3) is 0 Å². The van der Waals surface area contributed by atoms with Crippen LogP contribution in [0, 0.1) is 0 Å². The summed E-state index contributed by atoms with van der Waals surface area (Å²) in [5, 5.41) is 8.67. The van der Waals surface area contributed by atoms with Crippen molar-refractivity contribution in [2.24, 2.45) is 0 Å². The number of benzene rings is 9. The largest absolute Gasteiger partial charge is 0.455 e. The molecule has 0 atom stereocenters. The number of fused-ring (bicyclic) bond motifs is 8. The Hall–Kier alpha value is -7.89. The predicted molar refractivity (Wildman–Crippen MR) is 237 cm³/mol. The number of hydrogen-bond acceptors (Lipinski definition) is 5. The Morgan fingerprint density at radius 2 is 0.862 bits per heavy atom. The van der Waals surface area contributed by atoms with Crippen LogP contribution >= 0.6 is 0 Å². The van der Waals surface area contributed by atoms with Gasteiger partial charge in [-0.15, -0.1) is 0 Å². The van der Waals surface area contributed by atoms with Crippen LogP contribution in [0.15, 0.2) is 197 Å². The smallest absolute Gasteiger partial charge is 0.167 e. The molecular formula is C53H31N3O2. The van der Waals surface area contributed by atoms with E-state index in [1.54, 1.807) is 0 Å².